The van der Waals surface area contributed by atoms with Crippen molar-refractivity contribution in [3.63, 3.8) is 0 Å². The third-order valence-electron chi connectivity index (χ3n) is 5.74. The Balaban J connectivity index is 1.76. The summed E-state index contributed by atoms with van der Waals surface area (Å²) in [4.78, 5) is 24.8. The molecule has 3 heterocycles. The number of aromatic nitrogens is 3. The highest BCUT2D eigenvalue weighted by atomic mass is 35.5. The minimum Gasteiger partial charge on any atom is -0.425 e. The standard InChI is InChI=1S/C23H23ClF3N5O5/c1-22(35)30(2)19-18(20(34)32(22)10-3-11-33)31(13-15-5-4-14(24)12-28-15)21(29-19)36-16-6-8-17(9-7-16)37-23(25,26)27/h4-9,12,33,35H,3,10-11,13H2,1-2H3. The van der Waals surface area contributed by atoms with E-state index in [4.69, 9.17) is 16.3 Å². The Morgan fingerprint density at radius 2 is 1.81 bits per heavy atom. The highest BCUT2D eigenvalue weighted by Gasteiger charge is 2.47. The van der Waals surface area contributed by atoms with Crippen LogP contribution in [0.1, 0.15) is 29.5 Å². The number of imidazole rings is 1. The van der Waals surface area contributed by atoms with E-state index in [1.165, 1.54) is 39.6 Å². The first kappa shape index (κ1) is 26.5. The highest BCUT2D eigenvalue weighted by molar-refractivity contribution is 6.30. The maximum absolute atomic E-state index is 13.6. The van der Waals surface area contributed by atoms with Gasteiger partial charge in [0.15, 0.2) is 11.5 Å². The summed E-state index contributed by atoms with van der Waals surface area (Å²) in [5.41, 5.74) is 0.605. The molecule has 1 unspecified atom stereocenters. The number of aliphatic hydroxyl groups excluding tert-OH is 1. The molecule has 0 fully saturated rings. The van der Waals surface area contributed by atoms with Crippen LogP contribution in [0.3, 0.4) is 0 Å². The molecule has 2 N–H and O–H groups in total. The summed E-state index contributed by atoms with van der Waals surface area (Å²) in [5, 5.41) is 20.8. The lowest BCUT2D eigenvalue weighted by Gasteiger charge is -2.46. The van der Waals surface area contributed by atoms with Crippen LogP contribution in [-0.4, -0.2) is 68.0 Å². The van der Waals surface area contributed by atoms with Gasteiger partial charge in [-0.05, 0) is 42.8 Å². The number of carbonyl (C=O) groups excluding carboxylic acids is 1. The van der Waals surface area contributed by atoms with E-state index in [2.05, 4.69) is 14.7 Å². The van der Waals surface area contributed by atoms with Crippen molar-refractivity contribution in [2.24, 2.45) is 0 Å². The number of carbonyl (C=O) groups is 1. The van der Waals surface area contributed by atoms with E-state index in [-0.39, 0.29) is 49.4 Å². The second-order valence-electron chi connectivity index (χ2n) is 8.31. The normalized spacial score (nSPS) is 17.7. The monoisotopic (exact) mass is 541 g/mol. The lowest BCUT2D eigenvalue weighted by molar-refractivity contribution is -0.274. The SMILES string of the molecule is CN1c2nc(Oc3ccc(OC(F)(F)F)cc3)n(Cc3ccc(Cl)cn3)c2C(=O)N(CCCO)C1(C)O. The first-order valence-electron chi connectivity index (χ1n) is 11.0. The van der Waals surface area contributed by atoms with Crippen LogP contribution in [-0.2, 0) is 6.54 Å². The molecule has 1 amide bonds. The van der Waals surface area contributed by atoms with Gasteiger partial charge in [-0.1, -0.05) is 11.6 Å². The number of anilines is 1. The van der Waals surface area contributed by atoms with Crippen LogP contribution in [0.25, 0.3) is 0 Å². The fourth-order valence-electron chi connectivity index (χ4n) is 3.81. The molecule has 3 aromatic rings. The average Bonchev–Trinajstić information content (AvgIpc) is 3.17. The smallest absolute Gasteiger partial charge is 0.425 e. The van der Waals surface area contributed by atoms with E-state index in [1.54, 1.807) is 19.2 Å². The first-order valence-corrected chi connectivity index (χ1v) is 11.4. The van der Waals surface area contributed by atoms with Crippen LogP contribution in [0.5, 0.6) is 17.5 Å². The third kappa shape index (κ3) is 5.58. The summed E-state index contributed by atoms with van der Waals surface area (Å²) in [5.74, 6) is -2.50. The predicted molar refractivity (Wildman–Crippen MR) is 126 cm³/mol. The summed E-state index contributed by atoms with van der Waals surface area (Å²) >= 11 is 5.94. The second-order valence-corrected chi connectivity index (χ2v) is 8.74. The highest BCUT2D eigenvalue weighted by Crippen LogP contribution is 2.38. The molecule has 0 saturated carbocycles. The van der Waals surface area contributed by atoms with E-state index < -0.39 is 23.9 Å². The molecule has 0 saturated heterocycles. The molecular formula is C23H23ClF3N5O5. The summed E-state index contributed by atoms with van der Waals surface area (Å²) in [7, 11) is 1.54. The Hall–Kier alpha value is -3.55. The van der Waals surface area contributed by atoms with Crippen LogP contribution >= 0.6 is 11.6 Å². The Kier molecular flexibility index (Phi) is 7.22. The van der Waals surface area contributed by atoms with Gasteiger partial charge in [-0.2, -0.15) is 4.98 Å². The number of fused-ring (bicyclic) bond motifs is 1. The van der Waals surface area contributed by atoms with Crippen molar-refractivity contribution in [2.45, 2.75) is 32.1 Å². The number of alkyl halides is 3. The van der Waals surface area contributed by atoms with Crippen LogP contribution in [0.4, 0.5) is 19.0 Å². The van der Waals surface area contributed by atoms with Crippen molar-refractivity contribution < 1.29 is 37.7 Å². The van der Waals surface area contributed by atoms with Gasteiger partial charge >= 0.3 is 12.4 Å². The van der Waals surface area contributed by atoms with Gasteiger partial charge in [-0.3, -0.25) is 19.2 Å². The molecule has 1 aliphatic heterocycles. The molecule has 2 aromatic heterocycles. The van der Waals surface area contributed by atoms with Crippen LogP contribution in [0, 0.1) is 0 Å². The number of amides is 1. The summed E-state index contributed by atoms with van der Waals surface area (Å²) in [6, 6.07) is 7.89. The number of pyridine rings is 1. The molecule has 4 rings (SSSR count). The largest absolute Gasteiger partial charge is 0.573 e. The minimum absolute atomic E-state index is 0.0274. The van der Waals surface area contributed by atoms with Gasteiger partial charge in [0.25, 0.3) is 5.91 Å². The quantitative estimate of drug-likeness (QED) is 0.445. The fourth-order valence-corrected chi connectivity index (χ4v) is 3.92. The summed E-state index contributed by atoms with van der Waals surface area (Å²) in [6.45, 7) is 1.32. The molecule has 198 valence electrons. The number of ether oxygens (including phenoxy) is 2. The van der Waals surface area contributed by atoms with Crippen molar-refractivity contribution in [2.75, 3.05) is 25.1 Å². The van der Waals surface area contributed by atoms with E-state index in [0.29, 0.717) is 10.7 Å². The summed E-state index contributed by atoms with van der Waals surface area (Å²) < 4.78 is 48.7. The van der Waals surface area contributed by atoms with Gasteiger partial charge in [-0.15, -0.1) is 13.2 Å². The van der Waals surface area contributed by atoms with Crippen LogP contribution in [0.15, 0.2) is 42.6 Å². The molecule has 14 heteroatoms. The average molecular weight is 542 g/mol. The molecule has 0 radical (unpaired) electrons. The van der Waals surface area contributed by atoms with Crippen molar-refractivity contribution in [3.05, 3.63) is 59.0 Å². The zero-order valence-corrected chi connectivity index (χ0v) is 20.5. The van der Waals surface area contributed by atoms with Crippen molar-refractivity contribution in [3.8, 4) is 17.5 Å². The zero-order chi connectivity index (χ0) is 27.0. The minimum atomic E-state index is -4.84. The molecule has 1 aliphatic rings. The van der Waals surface area contributed by atoms with Gasteiger partial charge in [0.1, 0.15) is 11.5 Å². The molecule has 0 spiro atoms. The van der Waals surface area contributed by atoms with Gasteiger partial charge in [0.05, 0.1) is 17.3 Å². The van der Waals surface area contributed by atoms with Gasteiger partial charge in [0.2, 0.25) is 5.85 Å². The fraction of sp³-hybridized carbons (Fsp3) is 0.348. The Bertz CT molecular complexity index is 1270. The maximum Gasteiger partial charge on any atom is 0.573 e. The van der Waals surface area contributed by atoms with E-state index in [9.17, 15) is 28.2 Å². The van der Waals surface area contributed by atoms with Crippen LogP contribution in [0.2, 0.25) is 5.02 Å². The molecule has 0 aliphatic carbocycles. The summed E-state index contributed by atoms with van der Waals surface area (Å²) in [6.07, 6.45) is -3.17. The van der Waals surface area contributed by atoms with E-state index in [1.807, 2.05) is 0 Å². The number of hydrogen-bond acceptors (Lipinski definition) is 8. The lowest BCUT2D eigenvalue weighted by Crippen LogP contribution is -2.63. The number of aliphatic hydroxyl groups is 2. The topological polar surface area (TPSA) is 113 Å². The number of benzene rings is 1. The van der Waals surface area contributed by atoms with Gasteiger partial charge < -0.3 is 24.6 Å². The molecule has 0 bridgehead atoms. The van der Waals surface area contributed by atoms with Gasteiger partial charge in [0, 0.05) is 33.3 Å². The number of nitrogens with zero attached hydrogens (tertiary/aromatic N) is 5. The Labute approximate surface area is 214 Å². The molecule has 1 aromatic carbocycles. The molecular weight excluding hydrogens is 519 g/mol. The van der Waals surface area contributed by atoms with Crippen LogP contribution < -0.4 is 14.4 Å². The zero-order valence-electron chi connectivity index (χ0n) is 19.7. The third-order valence-corrected chi connectivity index (χ3v) is 5.96. The maximum atomic E-state index is 13.6. The molecule has 10 nitrogen and oxygen atoms in total. The van der Waals surface area contributed by atoms with Gasteiger partial charge in [-0.25, -0.2) is 0 Å². The van der Waals surface area contributed by atoms with Crippen molar-refractivity contribution >= 4 is 23.3 Å². The second kappa shape index (κ2) is 10.1. The first-order chi connectivity index (χ1) is 17.4. The predicted octanol–water partition coefficient (Wildman–Crippen LogP) is 3.61. The Morgan fingerprint density at radius 3 is 2.41 bits per heavy atom. The number of hydrogen-bond donors (Lipinski definition) is 2. The molecule has 1 atom stereocenters. The van der Waals surface area contributed by atoms with Crippen molar-refractivity contribution in [1.29, 1.82) is 0 Å². The number of halogens is 4. The number of rotatable bonds is 8. The van der Waals surface area contributed by atoms with Crippen molar-refractivity contribution in [1.82, 2.24) is 19.4 Å². The van der Waals surface area contributed by atoms with E-state index in [0.717, 1.165) is 12.1 Å². The van der Waals surface area contributed by atoms with E-state index >= 15 is 0 Å². The molecule has 37 heavy (non-hydrogen) atoms. The lowest BCUT2D eigenvalue weighted by atomic mass is 10.1. The Morgan fingerprint density at radius 1 is 1.14 bits per heavy atom.